The van der Waals surface area contributed by atoms with Crippen molar-refractivity contribution >= 4 is 62.0 Å². The number of nitrogens with two attached hydrogens (primary N) is 1. The highest BCUT2D eigenvalue weighted by Gasteiger charge is 2.26. The van der Waals surface area contributed by atoms with Crippen LogP contribution in [0.2, 0.25) is 10.0 Å². The van der Waals surface area contributed by atoms with Crippen LogP contribution in [0.15, 0.2) is 40.8 Å². The number of primary amides is 1. The molecule has 3 aromatic rings. The Labute approximate surface area is 181 Å². The summed E-state index contributed by atoms with van der Waals surface area (Å²) >= 11 is 12.1. The lowest BCUT2D eigenvalue weighted by Crippen LogP contribution is -2.26. The topological polar surface area (TPSA) is 132 Å². The van der Waals surface area contributed by atoms with Gasteiger partial charge in [0.2, 0.25) is 5.78 Å². The average molecular weight is 472 g/mol. The number of carbonyl (C=O) groups excluding carboxylic acids is 2. The minimum Gasteiger partial charge on any atom is -0.450 e. The molecule has 0 saturated heterocycles. The third-order valence-electron chi connectivity index (χ3n) is 3.94. The number of nitrogens with one attached hydrogen (secondary N) is 1. The molecule has 2 amide bonds. The number of urea groups is 1. The number of carbonyl (C=O) groups is 2. The lowest BCUT2D eigenvalue weighted by Gasteiger charge is -2.11. The summed E-state index contributed by atoms with van der Waals surface area (Å²) in [6, 6.07) is 7.40. The molecule has 9 nitrogen and oxygen atoms in total. The first kappa shape index (κ1) is 21.9. The molecule has 3 N–H and O–H groups in total. The molecule has 0 aliphatic rings. The van der Waals surface area contributed by atoms with Gasteiger partial charge in [-0.25, -0.2) is 4.79 Å². The number of amides is 2. The van der Waals surface area contributed by atoms with Crippen LogP contribution in [0.25, 0.3) is 11.0 Å². The van der Waals surface area contributed by atoms with E-state index in [0.717, 1.165) is 4.31 Å². The van der Waals surface area contributed by atoms with Crippen LogP contribution in [0.4, 0.5) is 10.5 Å². The molecule has 0 atom stereocenters. The van der Waals surface area contributed by atoms with Crippen LogP contribution < -0.4 is 15.2 Å². The number of nitrogens with zero attached hydrogens (tertiary/aromatic N) is 1. The van der Waals surface area contributed by atoms with Crippen molar-refractivity contribution in [2.24, 2.45) is 5.73 Å². The van der Waals surface area contributed by atoms with Gasteiger partial charge in [-0.3, -0.25) is 4.79 Å². The fourth-order valence-electron chi connectivity index (χ4n) is 2.53. The summed E-state index contributed by atoms with van der Waals surface area (Å²) < 4.78 is 35.4. The van der Waals surface area contributed by atoms with E-state index >= 15 is 0 Å². The highest BCUT2D eigenvalue weighted by atomic mass is 35.5. The Bertz CT molecular complexity index is 1270. The molecule has 30 heavy (non-hydrogen) atoms. The number of benzene rings is 2. The second kappa shape index (κ2) is 8.15. The van der Waals surface area contributed by atoms with Gasteiger partial charge in [-0.1, -0.05) is 23.2 Å². The third-order valence-corrected chi connectivity index (χ3v) is 5.80. The van der Waals surface area contributed by atoms with E-state index in [9.17, 15) is 18.0 Å². The van der Waals surface area contributed by atoms with E-state index < -0.39 is 22.1 Å². The van der Waals surface area contributed by atoms with Crippen molar-refractivity contribution in [2.45, 2.75) is 0 Å². The fraction of sp³-hybridized carbons (Fsp3) is 0.111. The Morgan fingerprint density at radius 3 is 2.47 bits per heavy atom. The molecule has 12 heteroatoms. The fourth-order valence-corrected chi connectivity index (χ4v) is 3.40. The lowest BCUT2D eigenvalue weighted by atomic mass is 10.1. The summed E-state index contributed by atoms with van der Waals surface area (Å²) in [5, 5.41) is 3.04. The molecule has 158 valence electrons. The van der Waals surface area contributed by atoms with E-state index in [2.05, 4.69) is 5.32 Å². The summed E-state index contributed by atoms with van der Waals surface area (Å²) in [7, 11) is -1.40. The lowest BCUT2D eigenvalue weighted by molar-refractivity contribution is 0.101. The van der Waals surface area contributed by atoms with Crippen molar-refractivity contribution in [3.63, 3.8) is 0 Å². The van der Waals surface area contributed by atoms with Crippen molar-refractivity contribution < 1.29 is 26.6 Å². The van der Waals surface area contributed by atoms with Gasteiger partial charge in [0, 0.05) is 36.1 Å². The number of furan rings is 1. The average Bonchev–Trinajstić information content (AvgIpc) is 2.99. The molecule has 3 rings (SSSR count). The number of anilines is 1. The zero-order chi connectivity index (χ0) is 22.2. The standard InChI is InChI=1S/C18H15Cl2N3O6S/c1-23(2)30(26,27)29-10-4-5-11-14(8-10)28-17(15(11)22-18(21)25)16(24)12-7-9(19)3-6-13(12)20/h3-8H,1-2H3,(H3,21,22,25). The van der Waals surface area contributed by atoms with Gasteiger partial charge in [0.25, 0.3) is 0 Å². The van der Waals surface area contributed by atoms with E-state index in [1.807, 2.05) is 0 Å². The SMILES string of the molecule is CN(C)S(=O)(=O)Oc1ccc2c(NC(N)=O)c(C(=O)c3cc(Cl)ccc3Cl)oc2c1. The smallest absolute Gasteiger partial charge is 0.384 e. The number of hydrogen-bond donors (Lipinski definition) is 2. The summed E-state index contributed by atoms with van der Waals surface area (Å²) in [4.78, 5) is 24.5. The maximum atomic E-state index is 13.0. The van der Waals surface area contributed by atoms with Crippen LogP contribution in [0.3, 0.4) is 0 Å². The Morgan fingerprint density at radius 1 is 1.13 bits per heavy atom. The van der Waals surface area contributed by atoms with Crippen LogP contribution in [0.1, 0.15) is 16.1 Å². The van der Waals surface area contributed by atoms with Gasteiger partial charge in [0.05, 0.1) is 5.02 Å². The van der Waals surface area contributed by atoms with Crippen LogP contribution in [0, 0.1) is 0 Å². The molecule has 2 aromatic carbocycles. The molecule has 0 aliphatic carbocycles. The van der Waals surface area contributed by atoms with E-state index in [1.165, 1.54) is 50.5 Å². The summed E-state index contributed by atoms with van der Waals surface area (Å²) in [6.07, 6.45) is 0. The van der Waals surface area contributed by atoms with Gasteiger partial charge in [0.15, 0.2) is 5.76 Å². The van der Waals surface area contributed by atoms with Crippen molar-refractivity contribution in [2.75, 3.05) is 19.4 Å². The largest absolute Gasteiger partial charge is 0.450 e. The quantitative estimate of drug-likeness (QED) is 0.527. The van der Waals surface area contributed by atoms with Gasteiger partial charge in [-0.15, -0.1) is 0 Å². The third kappa shape index (κ3) is 4.36. The molecular weight excluding hydrogens is 457 g/mol. The molecule has 1 heterocycles. The Kier molecular flexibility index (Phi) is 5.95. The van der Waals surface area contributed by atoms with Gasteiger partial charge < -0.3 is 19.7 Å². The van der Waals surface area contributed by atoms with Crippen LogP contribution >= 0.6 is 23.2 Å². The Morgan fingerprint density at radius 2 is 1.83 bits per heavy atom. The molecule has 0 unspecified atom stereocenters. The molecule has 0 aliphatic heterocycles. The molecule has 1 aromatic heterocycles. The van der Waals surface area contributed by atoms with Crippen molar-refractivity contribution in [3.8, 4) is 5.75 Å². The number of ketones is 1. The summed E-state index contributed by atoms with van der Waals surface area (Å²) in [6.45, 7) is 0. The predicted octanol–water partition coefficient (Wildman–Crippen LogP) is 3.65. The van der Waals surface area contributed by atoms with Crippen molar-refractivity contribution in [3.05, 3.63) is 57.8 Å². The van der Waals surface area contributed by atoms with Gasteiger partial charge in [-0.05, 0) is 30.3 Å². The highest BCUT2D eigenvalue weighted by molar-refractivity contribution is 7.84. The zero-order valence-electron chi connectivity index (χ0n) is 15.6. The predicted molar refractivity (Wildman–Crippen MR) is 113 cm³/mol. The zero-order valence-corrected chi connectivity index (χ0v) is 17.9. The van der Waals surface area contributed by atoms with Gasteiger partial charge in [0.1, 0.15) is 17.0 Å². The minimum absolute atomic E-state index is 0.000518. The van der Waals surface area contributed by atoms with Crippen LogP contribution in [0.5, 0.6) is 5.75 Å². The molecule has 0 fully saturated rings. The highest BCUT2D eigenvalue weighted by Crippen LogP contribution is 2.36. The van der Waals surface area contributed by atoms with E-state index in [0.29, 0.717) is 5.39 Å². The first-order valence-corrected chi connectivity index (χ1v) is 10.4. The molecule has 0 bridgehead atoms. The number of rotatable bonds is 6. The van der Waals surface area contributed by atoms with Crippen molar-refractivity contribution in [1.29, 1.82) is 0 Å². The molecule has 0 radical (unpaired) electrons. The normalized spacial score (nSPS) is 11.6. The second-order valence-corrected chi connectivity index (χ2v) is 8.83. The minimum atomic E-state index is -4.01. The number of fused-ring (bicyclic) bond motifs is 1. The van der Waals surface area contributed by atoms with Crippen molar-refractivity contribution in [1.82, 2.24) is 4.31 Å². The Hall–Kier alpha value is -2.79. The van der Waals surface area contributed by atoms with Crippen LogP contribution in [-0.2, 0) is 10.3 Å². The molecular formula is C18H15Cl2N3O6S. The number of halogens is 2. The monoisotopic (exact) mass is 471 g/mol. The van der Waals surface area contributed by atoms with E-state index in [4.69, 9.17) is 37.5 Å². The maximum absolute atomic E-state index is 13.0. The van der Waals surface area contributed by atoms with E-state index in [1.54, 1.807) is 0 Å². The summed E-state index contributed by atoms with van der Waals surface area (Å²) in [5.41, 5.74) is 5.34. The first-order valence-electron chi connectivity index (χ1n) is 8.24. The van der Waals surface area contributed by atoms with E-state index in [-0.39, 0.29) is 38.4 Å². The summed E-state index contributed by atoms with van der Waals surface area (Å²) in [5.74, 6) is -0.984. The maximum Gasteiger partial charge on any atom is 0.384 e. The van der Waals surface area contributed by atoms with Gasteiger partial charge in [-0.2, -0.15) is 12.7 Å². The Balaban J connectivity index is 2.14. The van der Waals surface area contributed by atoms with Crippen LogP contribution in [-0.4, -0.2) is 38.6 Å². The second-order valence-electron chi connectivity index (χ2n) is 6.23. The van der Waals surface area contributed by atoms with Gasteiger partial charge >= 0.3 is 16.3 Å². The molecule has 0 spiro atoms. The molecule has 0 saturated carbocycles. The first-order chi connectivity index (χ1) is 14.0. The number of hydrogen-bond acceptors (Lipinski definition) is 6.